The minimum atomic E-state index is -4.03. The lowest BCUT2D eigenvalue weighted by Crippen LogP contribution is -2.46. The molecule has 2 atom stereocenters. The summed E-state index contributed by atoms with van der Waals surface area (Å²) in [4.78, 5) is 11.9. The van der Waals surface area contributed by atoms with Gasteiger partial charge in [-0.1, -0.05) is 68.6 Å². The zero-order valence-electron chi connectivity index (χ0n) is 14.3. The van der Waals surface area contributed by atoms with Crippen LogP contribution in [0.2, 0.25) is 0 Å². The van der Waals surface area contributed by atoms with E-state index in [1.165, 1.54) is 12.1 Å². The van der Waals surface area contributed by atoms with Crippen LogP contribution in [0.1, 0.15) is 26.3 Å². The molecule has 0 saturated carbocycles. The Balaban J connectivity index is 2.41. The maximum absolute atomic E-state index is 12.4. The molecule has 0 heterocycles. The van der Waals surface area contributed by atoms with Crippen LogP contribution < -0.4 is 0 Å². The number of rotatable bonds is 4. The van der Waals surface area contributed by atoms with Crippen molar-refractivity contribution in [1.29, 1.82) is 0 Å². The summed E-state index contributed by atoms with van der Waals surface area (Å²) >= 11 is 6.83. The number of carbonyl (C=O) groups excluding carboxylic acids is 1. The lowest BCUT2D eigenvalue weighted by atomic mass is 9.83. The first-order valence-corrected chi connectivity index (χ1v) is 10.8. The number of benzene rings is 1. The highest BCUT2D eigenvalue weighted by Crippen LogP contribution is 2.38. The molecule has 5 nitrogen and oxygen atoms in total. The zero-order valence-corrected chi connectivity index (χ0v) is 18.3. The smallest absolute Gasteiger partial charge is 0.293 e. The van der Waals surface area contributed by atoms with Crippen LogP contribution in [0.4, 0.5) is 0 Å². The van der Waals surface area contributed by atoms with Gasteiger partial charge < -0.3 is 0 Å². The number of aryl methyl sites for hydroxylation is 1. The van der Waals surface area contributed by atoms with E-state index in [4.69, 9.17) is 4.28 Å². The van der Waals surface area contributed by atoms with Crippen LogP contribution in [0.3, 0.4) is 0 Å². The van der Waals surface area contributed by atoms with Crippen LogP contribution in [0.15, 0.2) is 46.0 Å². The minimum Gasteiger partial charge on any atom is -0.293 e. The second kappa shape index (κ2) is 7.32. The Kier molecular flexibility index (Phi) is 5.95. The summed E-state index contributed by atoms with van der Waals surface area (Å²) in [6.07, 6.45) is 1.59. The van der Waals surface area contributed by atoms with Gasteiger partial charge in [0.05, 0.1) is 14.9 Å². The van der Waals surface area contributed by atoms with Gasteiger partial charge in [-0.3, -0.25) is 9.08 Å². The highest BCUT2D eigenvalue weighted by atomic mass is 79.9. The Bertz CT molecular complexity index is 840. The first-order valence-electron chi connectivity index (χ1n) is 7.64. The fourth-order valence-corrected chi connectivity index (χ4v) is 3.91. The Hall–Kier alpha value is -0.990. The SMILES string of the molecule is Cc1ccc(S(=O)(=O)ON=C2C=C(C(C)C)C(=O)C(Br)C2(C)Br)cc1. The third kappa shape index (κ3) is 4.23. The van der Waals surface area contributed by atoms with Gasteiger partial charge in [0, 0.05) is 5.57 Å². The van der Waals surface area contributed by atoms with Gasteiger partial charge in [-0.05, 0) is 38.0 Å². The lowest BCUT2D eigenvalue weighted by molar-refractivity contribution is -0.115. The second-order valence-corrected chi connectivity index (χ2v) is 10.5. The topological polar surface area (TPSA) is 72.8 Å². The molecule has 2 unspecified atom stereocenters. The predicted octanol–water partition coefficient (Wildman–Crippen LogP) is 4.14. The summed E-state index contributed by atoms with van der Waals surface area (Å²) in [7, 11) is -4.03. The molecule has 136 valence electrons. The van der Waals surface area contributed by atoms with Crippen molar-refractivity contribution in [3.05, 3.63) is 41.5 Å². The van der Waals surface area contributed by atoms with Crippen LogP contribution >= 0.6 is 31.9 Å². The van der Waals surface area contributed by atoms with E-state index in [1.807, 2.05) is 20.8 Å². The van der Waals surface area contributed by atoms with E-state index in [0.29, 0.717) is 11.3 Å². The van der Waals surface area contributed by atoms with Crippen LogP contribution in [-0.4, -0.2) is 29.1 Å². The van der Waals surface area contributed by atoms with Crippen molar-refractivity contribution in [3.63, 3.8) is 0 Å². The number of carbonyl (C=O) groups is 1. The molecule has 0 aromatic heterocycles. The van der Waals surface area contributed by atoms with Crippen molar-refractivity contribution in [1.82, 2.24) is 0 Å². The van der Waals surface area contributed by atoms with Crippen molar-refractivity contribution in [2.45, 2.75) is 41.7 Å². The normalized spacial score (nSPS) is 26.0. The molecular weight excluding hydrogens is 474 g/mol. The molecule has 1 aromatic carbocycles. The third-order valence-corrected chi connectivity index (χ3v) is 7.88. The molecule has 0 radical (unpaired) electrons. The summed E-state index contributed by atoms with van der Waals surface area (Å²) in [6.45, 7) is 7.38. The first kappa shape index (κ1) is 20.3. The maximum atomic E-state index is 12.4. The van der Waals surface area contributed by atoms with Crippen LogP contribution in [0.5, 0.6) is 0 Å². The molecular formula is C17H19Br2NO4S. The molecule has 1 aromatic rings. The number of Topliss-reactive ketones (excluding diaryl/α,β-unsaturated/α-hetero) is 1. The number of oxime groups is 1. The molecule has 0 bridgehead atoms. The van der Waals surface area contributed by atoms with Gasteiger partial charge in [0.1, 0.15) is 4.90 Å². The molecule has 8 heteroatoms. The molecule has 0 spiro atoms. The number of hydrogen-bond donors (Lipinski definition) is 0. The molecule has 25 heavy (non-hydrogen) atoms. The van der Waals surface area contributed by atoms with E-state index in [1.54, 1.807) is 25.1 Å². The second-order valence-electron chi connectivity index (χ2n) is 6.38. The molecule has 0 amide bonds. The average molecular weight is 493 g/mol. The van der Waals surface area contributed by atoms with Gasteiger partial charge in [-0.15, -0.1) is 0 Å². The van der Waals surface area contributed by atoms with E-state index >= 15 is 0 Å². The molecule has 0 aliphatic heterocycles. The van der Waals surface area contributed by atoms with Crippen LogP contribution in [0, 0.1) is 12.8 Å². The molecule has 1 aliphatic carbocycles. The van der Waals surface area contributed by atoms with E-state index in [2.05, 4.69) is 37.0 Å². The van der Waals surface area contributed by atoms with Crippen molar-refractivity contribution in [2.75, 3.05) is 0 Å². The van der Waals surface area contributed by atoms with Crippen molar-refractivity contribution < 1.29 is 17.5 Å². The van der Waals surface area contributed by atoms with E-state index in [9.17, 15) is 13.2 Å². The van der Waals surface area contributed by atoms with Gasteiger partial charge >= 0.3 is 10.1 Å². The molecule has 1 aliphatic rings. The molecule has 0 saturated heterocycles. The van der Waals surface area contributed by atoms with Crippen molar-refractivity contribution >= 4 is 53.5 Å². The van der Waals surface area contributed by atoms with Crippen LogP contribution in [-0.2, 0) is 19.2 Å². The summed E-state index contributed by atoms with van der Waals surface area (Å²) in [5.74, 6) is -0.0789. The van der Waals surface area contributed by atoms with Gasteiger partial charge in [0.15, 0.2) is 5.78 Å². The highest BCUT2D eigenvalue weighted by molar-refractivity contribution is 9.13. The van der Waals surface area contributed by atoms with Crippen molar-refractivity contribution in [3.8, 4) is 0 Å². The van der Waals surface area contributed by atoms with E-state index in [0.717, 1.165) is 5.56 Å². The highest BCUT2D eigenvalue weighted by Gasteiger charge is 2.45. The van der Waals surface area contributed by atoms with Gasteiger partial charge in [0.2, 0.25) is 0 Å². The minimum absolute atomic E-state index is 0.0185. The molecule has 0 N–H and O–H groups in total. The lowest BCUT2D eigenvalue weighted by Gasteiger charge is -2.33. The predicted molar refractivity (Wildman–Crippen MR) is 105 cm³/mol. The Morgan fingerprint density at radius 3 is 2.32 bits per heavy atom. The third-order valence-electron chi connectivity index (χ3n) is 3.95. The summed E-state index contributed by atoms with van der Waals surface area (Å²) in [5.41, 5.74) is 1.83. The number of hydrogen-bond acceptors (Lipinski definition) is 5. The summed E-state index contributed by atoms with van der Waals surface area (Å²) in [6, 6.07) is 6.29. The molecule has 0 fully saturated rings. The fourth-order valence-electron chi connectivity index (χ4n) is 2.29. The largest absolute Gasteiger partial charge is 0.358 e. The van der Waals surface area contributed by atoms with Gasteiger partial charge in [-0.2, -0.15) is 8.42 Å². The zero-order chi connectivity index (χ0) is 19.0. The molecule has 2 rings (SSSR count). The van der Waals surface area contributed by atoms with Gasteiger partial charge in [0.25, 0.3) is 0 Å². The Labute approximate surface area is 164 Å². The fraction of sp³-hybridized carbons (Fsp3) is 0.412. The standard InChI is InChI=1S/C17H19Br2NO4S/c1-10(2)13-9-14(17(4,19)16(18)15(13)21)20-24-25(22,23)12-7-5-11(3)6-8-12/h5-10,16H,1-4H3. The average Bonchev–Trinajstić information content (AvgIpc) is 2.52. The maximum Gasteiger partial charge on any atom is 0.358 e. The number of halogens is 2. The number of ketones is 1. The van der Waals surface area contributed by atoms with Crippen molar-refractivity contribution in [2.24, 2.45) is 11.1 Å². The Morgan fingerprint density at radius 1 is 1.24 bits per heavy atom. The number of allylic oxidation sites excluding steroid dienone is 2. The first-order chi connectivity index (χ1) is 11.5. The summed E-state index contributed by atoms with van der Waals surface area (Å²) in [5, 5.41) is 3.85. The van der Waals surface area contributed by atoms with E-state index < -0.39 is 19.3 Å². The Morgan fingerprint density at radius 2 is 1.80 bits per heavy atom. The summed E-state index contributed by atoms with van der Waals surface area (Å²) < 4.78 is 28.6. The quantitative estimate of drug-likeness (QED) is 0.467. The number of nitrogens with zero attached hydrogens (tertiary/aromatic N) is 1. The number of alkyl halides is 2. The monoisotopic (exact) mass is 491 g/mol. The van der Waals surface area contributed by atoms with Crippen LogP contribution in [0.25, 0.3) is 0 Å². The van der Waals surface area contributed by atoms with Gasteiger partial charge in [-0.25, -0.2) is 0 Å². The van der Waals surface area contributed by atoms with E-state index in [-0.39, 0.29) is 16.6 Å².